The Morgan fingerprint density at radius 3 is 2.67 bits per heavy atom. The molecule has 182 valence electrons. The molecule has 3 N–H and O–H groups in total. The summed E-state index contributed by atoms with van der Waals surface area (Å²) < 4.78 is 5.79. The number of rotatable bonds is 8. The lowest BCUT2D eigenvalue weighted by Gasteiger charge is -2.36. The van der Waals surface area contributed by atoms with E-state index in [-0.39, 0.29) is 11.4 Å². The molecule has 0 aliphatic carbocycles. The maximum absolute atomic E-state index is 11.6. The highest BCUT2D eigenvalue weighted by atomic mass is 16.5. The van der Waals surface area contributed by atoms with Crippen LogP contribution >= 0.6 is 0 Å². The van der Waals surface area contributed by atoms with Crippen molar-refractivity contribution in [3.05, 3.63) is 83.7 Å². The van der Waals surface area contributed by atoms with Gasteiger partial charge in [-0.3, -0.25) is 9.69 Å². The van der Waals surface area contributed by atoms with E-state index < -0.39 is 5.91 Å². The molecule has 0 unspecified atom stereocenters. The van der Waals surface area contributed by atoms with Crippen LogP contribution in [0.4, 0.5) is 5.69 Å². The maximum Gasteiger partial charge on any atom is 0.254 e. The molecule has 3 heterocycles. The monoisotopic (exact) mass is 480 g/mol. The summed E-state index contributed by atoms with van der Waals surface area (Å²) in [5, 5.41) is 10.3. The molecule has 4 aromatic rings. The number of nitrogens with two attached hydrogens (primary N) is 1. The molecular formula is C28H28N6O2. The third kappa shape index (κ3) is 5.16. The second-order valence-electron chi connectivity index (χ2n) is 8.93. The number of benzene rings is 2. The summed E-state index contributed by atoms with van der Waals surface area (Å²) in [6, 6.07) is 19.1. The SMILES string of the molecule is N#Cc1ccc2[nH]cc(CCCN3CCN(c4ccc(Oc5ncccc5C(N)=O)cc4)CC3)c2c1. The molecule has 0 spiro atoms. The number of aromatic nitrogens is 2. The zero-order valence-corrected chi connectivity index (χ0v) is 20.0. The van der Waals surface area contributed by atoms with Crippen LogP contribution in [0.5, 0.6) is 11.6 Å². The van der Waals surface area contributed by atoms with Gasteiger partial charge in [0.2, 0.25) is 5.88 Å². The first-order valence-corrected chi connectivity index (χ1v) is 12.1. The number of ether oxygens (including phenoxy) is 1. The Morgan fingerprint density at radius 1 is 1.11 bits per heavy atom. The molecule has 0 saturated carbocycles. The normalized spacial score (nSPS) is 14.0. The molecule has 1 saturated heterocycles. The van der Waals surface area contributed by atoms with Crippen molar-refractivity contribution < 1.29 is 9.53 Å². The van der Waals surface area contributed by atoms with Crippen LogP contribution < -0.4 is 15.4 Å². The number of carbonyl (C=O) groups excluding carboxylic acids is 1. The van der Waals surface area contributed by atoms with Crippen LogP contribution in [-0.4, -0.2) is 53.5 Å². The lowest BCUT2D eigenvalue weighted by atomic mass is 10.1. The zero-order chi connectivity index (χ0) is 24.9. The first kappa shape index (κ1) is 23.4. The van der Waals surface area contributed by atoms with Gasteiger partial charge in [0.1, 0.15) is 11.3 Å². The molecule has 36 heavy (non-hydrogen) atoms. The predicted octanol–water partition coefficient (Wildman–Crippen LogP) is 4.08. The van der Waals surface area contributed by atoms with Gasteiger partial charge in [-0.25, -0.2) is 4.98 Å². The fourth-order valence-electron chi connectivity index (χ4n) is 4.67. The van der Waals surface area contributed by atoms with E-state index in [1.54, 1.807) is 18.3 Å². The van der Waals surface area contributed by atoms with Crippen molar-refractivity contribution in [3.8, 4) is 17.7 Å². The Balaban J connectivity index is 1.11. The van der Waals surface area contributed by atoms with Gasteiger partial charge in [0.05, 0.1) is 11.6 Å². The van der Waals surface area contributed by atoms with Crippen LogP contribution in [0.3, 0.4) is 0 Å². The van der Waals surface area contributed by atoms with E-state index in [9.17, 15) is 10.1 Å². The predicted molar refractivity (Wildman–Crippen MR) is 139 cm³/mol. The molecule has 5 rings (SSSR count). The number of hydrogen-bond acceptors (Lipinski definition) is 6. The fourth-order valence-corrected chi connectivity index (χ4v) is 4.67. The summed E-state index contributed by atoms with van der Waals surface area (Å²) in [6.07, 6.45) is 5.71. The lowest BCUT2D eigenvalue weighted by Crippen LogP contribution is -2.46. The third-order valence-electron chi connectivity index (χ3n) is 6.64. The van der Waals surface area contributed by atoms with Crippen molar-refractivity contribution in [1.29, 1.82) is 5.26 Å². The minimum atomic E-state index is -0.567. The van der Waals surface area contributed by atoms with Crippen LogP contribution in [0.1, 0.15) is 27.9 Å². The molecule has 0 radical (unpaired) electrons. The Labute approximate surface area is 209 Å². The van der Waals surface area contributed by atoms with Gasteiger partial charge in [-0.1, -0.05) is 0 Å². The molecule has 1 fully saturated rings. The highest BCUT2D eigenvalue weighted by Crippen LogP contribution is 2.26. The van der Waals surface area contributed by atoms with Crippen molar-refractivity contribution >= 4 is 22.5 Å². The quantitative estimate of drug-likeness (QED) is 0.393. The number of nitrogens with one attached hydrogen (secondary N) is 1. The topological polar surface area (TPSA) is 111 Å². The fraction of sp³-hybridized carbons (Fsp3) is 0.250. The molecule has 8 nitrogen and oxygen atoms in total. The maximum atomic E-state index is 11.6. The summed E-state index contributed by atoms with van der Waals surface area (Å²) in [4.78, 5) is 23.9. The Hall–Kier alpha value is -4.35. The number of primary amides is 1. The molecule has 1 aliphatic rings. The number of piperazine rings is 1. The number of H-pyrrole nitrogens is 1. The Kier molecular flexibility index (Phi) is 6.83. The number of amides is 1. The number of pyridine rings is 1. The highest BCUT2D eigenvalue weighted by Gasteiger charge is 2.18. The molecule has 2 aromatic carbocycles. The van der Waals surface area contributed by atoms with E-state index in [0.29, 0.717) is 11.3 Å². The second kappa shape index (κ2) is 10.5. The van der Waals surface area contributed by atoms with Gasteiger partial charge in [0.15, 0.2) is 0 Å². The van der Waals surface area contributed by atoms with Crippen LogP contribution in [0, 0.1) is 11.3 Å². The van der Waals surface area contributed by atoms with Gasteiger partial charge in [-0.15, -0.1) is 0 Å². The smallest absolute Gasteiger partial charge is 0.254 e. The van der Waals surface area contributed by atoms with E-state index in [1.807, 2.05) is 42.5 Å². The van der Waals surface area contributed by atoms with E-state index in [2.05, 4.69) is 32.0 Å². The molecular weight excluding hydrogens is 452 g/mol. The lowest BCUT2D eigenvalue weighted by molar-refractivity contribution is 0.0997. The molecule has 0 atom stereocenters. The number of aromatic amines is 1. The number of aryl methyl sites for hydroxylation is 1. The molecule has 1 aliphatic heterocycles. The van der Waals surface area contributed by atoms with Crippen molar-refractivity contribution in [2.24, 2.45) is 5.73 Å². The summed E-state index contributed by atoms with van der Waals surface area (Å²) in [6.45, 7) is 5.01. The van der Waals surface area contributed by atoms with Gasteiger partial charge in [0, 0.05) is 55.2 Å². The number of hydrogen-bond donors (Lipinski definition) is 2. The van der Waals surface area contributed by atoms with Gasteiger partial charge in [-0.2, -0.15) is 5.26 Å². The number of carbonyl (C=O) groups is 1. The second-order valence-corrected chi connectivity index (χ2v) is 8.93. The minimum absolute atomic E-state index is 0.213. The Bertz CT molecular complexity index is 1400. The average molecular weight is 481 g/mol. The number of anilines is 1. The third-order valence-corrected chi connectivity index (χ3v) is 6.64. The van der Waals surface area contributed by atoms with Crippen molar-refractivity contribution in [3.63, 3.8) is 0 Å². The van der Waals surface area contributed by atoms with Crippen molar-refractivity contribution in [2.75, 3.05) is 37.6 Å². The van der Waals surface area contributed by atoms with E-state index in [4.69, 9.17) is 10.5 Å². The first-order chi connectivity index (χ1) is 17.6. The van der Waals surface area contributed by atoms with Gasteiger partial charge < -0.3 is 20.4 Å². The van der Waals surface area contributed by atoms with Gasteiger partial charge in [-0.05, 0) is 79.5 Å². The summed E-state index contributed by atoms with van der Waals surface area (Å²) in [7, 11) is 0. The van der Waals surface area contributed by atoms with Crippen molar-refractivity contribution in [2.45, 2.75) is 12.8 Å². The average Bonchev–Trinajstić information content (AvgIpc) is 3.32. The van der Waals surface area contributed by atoms with Crippen LogP contribution in [0.25, 0.3) is 10.9 Å². The highest BCUT2D eigenvalue weighted by molar-refractivity contribution is 5.95. The minimum Gasteiger partial charge on any atom is -0.438 e. The number of nitrogens with zero attached hydrogens (tertiary/aromatic N) is 4. The van der Waals surface area contributed by atoms with Crippen LogP contribution in [-0.2, 0) is 6.42 Å². The van der Waals surface area contributed by atoms with Crippen LogP contribution in [0.15, 0.2) is 67.0 Å². The summed E-state index contributed by atoms with van der Waals surface area (Å²) in [5.41, 5.74) is 9.87. The molecule has 0 bridgehead atoms. The summed E-state index contributed by atoms with van der Waals surface area (Å²) in [5.74, 6) is 0.254. The number of nitriles is 1. The van der Waals surface area contributed by atoms with Gasteiger partial charge in [0.25, 0.3) is 5.91 Å². The Morgan fingerprint density at radius 2 is 1.92 bits per heavy atom. The van der Waals surface area contributed by atoms with E-state index >= 15 is 0 Å². The first-order valence-electron chi connectivity index (χ1n) is 12.1. The van der Waals surface area contributed by atoms with Crippen molar-refractivity contribution in [1.82, 2.24) is 14.9 Å². The summed E-state index contributed by atoms with van der Waals surface area (Å²) >= 11 is 0. The zero-order valence-electron chi connectivity index (χ0n) is 20.0. The molecule has 1 amide bonds. The largest absolute Gasteiger partial charge is 0.438 e. The van der Waals surface area contributed by atoms with E-state index in [0.717, 1.165) is 62.2 Å². The standard InChI is InChI=1S/C28H28N6O2/c29-18-20-5-10-26-25(17-20)21(19-32-26)3-2-12-33-13-15-34(16-14-33)22-6-8-23(9-7-22)36-28-24(27(30)35)4-1-11-31-28/h1,4-11,17,19,32H,2-3,12-16H2,(H2,30,35). The van der Waals surface area contributed by atoms with Crippen LogP contribution in [0.2, 0.25) is 0 Å². The molecule has 8 heteroatoms. The van der Waals surface area contributed by atoms with Gasteiger partial charge >= 0.3 is 0 Å². The number of fused-ring (bicyclic) bond motifs is 1. The van der Waals surface area contributed by atoms with E-state index in [1.165, 1.54) is 5.56 Å². The molecule has 2 aromatic heterocycles.